The molecule has 1 fully saturated rings. The van der Waals surface area contributed by atoms with Crippen molar-refractivity contribution in [1.82, 2.24) is 4.98 Å². The van der Waals surface area contributed by atoms with Crippen LogP contribution in [0.1, 0.15) is 29.8 Å². The molecule has 2 N–H and O–H groups in total. The zero-order chi connectivity index (χ0) is 26.0. The van der Waals surface area contributed by atoms with Gasteiger partial charge >= 0.3 is 0 Å². The van der Waals surface area contributed by atoms with Crippen LogP contribution in [0.5, 0.6) is 11.5 Å². The number of nitrogens with one attached hydrogen (secondary N) is 2. The Labute approximate surface area is 220 Å². The Balaban J connectivity index is 1.09. The fraction of sp³-hybridized carbons (Fsp3) is 0.267. The van der Waals surface area contributed by atoms with Crippen molar-refractivity contribution in [2.75, 3.05) is 41.5 Å². The van der Waals surface area contributed by atoms with Crippen LogP contribution in [0.15, 0.2) is 66.9 Å². The van der Waals surface area contributed by atoms with Crippen molar-refractivity contribution >= 4 is 39.8 Å². The molecule has 8 nitrogen and oxygen atoms in total. The quantitative estimate of drug-likeness (QED) is 0.400. The summed E-state index contributed by atoms with van der Waals surface area (Å²) >= 11 is 0. The van der Waals surface area contributed by atoms with Crippen molar-refractivity contribution in [2.24, 2.45) is 5.92 Å². The summed E-state index contributed by atoms with van der Waals surface area (Å²) in [6.07, 6.45) is 1.80. The van der Waals surface area contributed by atoms with Crippen LogP contribution in [-0.2, 0) is 10.2 Å². The summed E-state index contributed by atoms with van der Waals surface area (Å²) in [7, 11) is 0. The minimum absolute atomic E-state index is 0.0724. The molecule has 38 heavy (non-hydrogen) atoms. The molecular weight excluding hydrogens is 480 g/mol. The summed E-state index contributed by atoms with van der Waals surface area (Å²) in [6.45, 7) is 6.48. The number of aromatic amines is 1. The molecule has 0 spiro atoms. The second-order valence-corrected chi connectivity index (χ2v) is 10.8. The fourth-order valence-electron chi connectivity index (χ4n) is 5.77. The lowest BCUT2D eigenvalue weighted by atomic mass is 9.86. The molecule has 3 aromatic carbocycles. The molecule has 4 aromatic rings. The number of rotatable bonds is 5. The first-order chi connectivity index (χ1) is 18.4. The highest BCUT2D eigenvalue weighted by Gasteiger charge is 2.45. The Bertz CT molecular complexity index is 1600. The number of benzene rings is 3. The van der Waals surface area contributed by atoms with Crippen molar-refractivity contribution in [3.8, 4) is 11.5 Å². The van der Waals surface area contributed by atoms with Gasteiger partial charge in [-0.3, -0.25) is 9.59 Å². The van der Waals surface area contributed by atoms with E-state index in [1.807, 2.05) is 79.4 Å². The molecule has 8 heteroatoms. The van der Waals surface area contributed by atoms with Gasteiger partial charge in [0.15, 0.2) is 11.5 Å². The molecule has 0 aliphatic carbocycles. The number of hydrogen-bond acceptors (Lipinski definition) is 5. The molecule has 0 saturated carbocycles. The maximum absolute atomic E-state index is 13.5. The molecule has 1 aromatic heterocycles. The Kier molecular flexibility index (Phi) is 4.95. The maximum atomic E-state index is 13.5. The average Bonchev–Trinajstić information content (AvgIpc) is 3.58. The summed E-state index contributed by atoms with van der Waals surface area (Å²) < 4.78 is 10.9. The molecule has 0 radical (unpaired) electrons. The number of carbonyl (C=O) groups excluding carboxylic acids is 2. The van der Waals surface area contributed by atoms with Gasteiger partial charge in [-0.25, -0.2) is 0 Å². The lowest BCUT2D eigenvalue weighted by Gasteiger charge is -2.42. The van der Waals surface area contributed by atoms with Gasteiger partial charge in [-0.1, -0.05) is 24.3 Å². The van der Waals surface area contributed by atoms with E-state index in [0.29, 0.717) is 18.0 Å². The third-order valence-electron chi connectivity index (χ3n) is 7.96. The topological polar surface area (TPSA) is 86.9 Å². The van der Waals surface area contributed by atoms with Crippen molar-refractivity contribution in [1.29, 1.82) is 0 Å². The highest BCUT2D eigenvalue weighted by Crippen LogP contribution is 2.43. The van der Waals surface area contributed by atoms with E-state index in [9.17, 15) is 9.59 Å². The van der Waals surface area contributed by atoms with Gasteiger partial charge < -0.3 is 29.6 Å². The molecule has 0 unspecified atom stereocenters. The Hall–Kier alpha value is -4.46. The molecule has 7 rings (SSSR count). The molecule has 4 heterocycles. The van der Waals surface area contributed by atoms with E-state index in [2.05, 4.69) is 15.2 Å². The molecule has 3 aliphatic heterocycles. The van der Waals surface area contributed by atoms with Crippen molar-refractivity contribution < 1.29 is 19.1 Å². The number of nitrogens with zero attached hydrogens (tertiary/aromatic N) is 2. The number of anilines is 3. The summed E-state index contributed by atoms with van der Waals surface area (Å²) in [5.41, 5.74) is 4.46. The minimum Gasteiger partial charge on any atom is -0.454 e. The highest BCUT2D eigenvalue weighted by atomic mass is 16.7. The van der Waals surface area contributed by atoms with Crippen molar-refractivity contribution in [3.63, 3.8) is 0 Å². The van der Waals surface area contributed by atoms with Gasteiger partial charge in [0, 0.05) is 65.7 Å². The minimum atomic E-state index is -0.637. The van der Waals surface area contributed by atoms with Gasteiger partial charge in [-0.05, 0) is 49.7 Å². The number of fused-ring (bicyclic) bond motifs is 3. The van der Waals surface area contributed by atoms with Crippen LogP contribution >= 0.6 is 0 Å². The molecule has 192 valence electrons. The molecule has 3 aliphatic rings. The van der Waals surface area contributed by atoms with E-state index in [0.717, 1.165) is 58.1 Å². The van der Waals surface area contributed by atoms with Gasteiger partial charge in [0.1, 0.15) is 0 Å². The lowest BCUT2D eigenvalue weighted by molar-refractivity contribution is -0.122. The first-order valence-electron chi connectivity index (χ1n) is 12.9. The number of H-pyrrole nitrogens is 1. The fourth-order valence-corrected chi connectivity index (χ4v) is 5.77. The van der Waals surface area contributed by atoms with Gasteiger partial charge in [-0.2, -0.15) is 0 Å². The predicted octanol–water partition coefficient (Wildman–Crippen LogP) is 4.91. The van der Waals surface area contributed by atoms with Gasteiger partial charge in [0.2, 0.25) is 12.7 Å². The number of ether oxygens (including phenoxy) is 2. The average molecular weight is 509 g/mol. The van der Waals surface area contributed by atoms with E-state index in [1.54, 1.807) is 6.20 Å². The summed E-state index contributed by atoms with van der Waals surface area (Å²) in [4.78, 5) is 34.1. The first kappa shape index (κ1) is 22.7. The number of amides is 2. The second kappa shape index (κ2) is 8.28. The van der Waals surface area contributed by atoms with Gasteiger partial charge in [0.05, 0.1) is 11.1 Å². The van der Waals surface area contributed by atoms with Crippen molar-refractivity contribution in [2.45, 2.75) is 19.3 Å². The van der Waals surface area contributed by atoms with E-state index >= 15 is 0 Å². The smallest absolute Gasteiger partial charge is 0.255 e. The highest BCUT2D eigenvalue weighted by molar-refractivity contribution is 6.12. The Morgan fingerprint density at radius 2 is 1.87 bits per heavy atom. The summed E-state index contributed by atoms with van der Waals surface area (Å²) in [6, 6.07) is 19.4. The molecule has 0 atom stereocenters. The Morgan fingerprint density at radius 3 is 2.74 bits per heavy atom. The molecule has 2 amide bonds. The number of aromatic nitrogens is 1. The van der Waals surface area contributed by atoms with Crippen LogP contribution < -0.4 is 24.6 Å². The second-order valence-electron chi connectivity index (χ2n) is 10.8. The van der Waals surface area contributed by atoms with E-state index < -0.39 is 5.41 Å². The van der Waals surface area contributed by atoms with Crippen LogP contribution in [0.2, 0.25) is 0 Å². The SMILES string of the molecule is CC1(C)C(=O)N(CC2CN(c3ccc4c(c3)OCO4)C2)c2cc(C(=O)Nc3c[nH]c4ccccc34)ccc21. The van der Waals surface area contributed by atoms with E-state index in [1.165, 1.54) is 0 Å². The zero-order valence-corrected chi connectivity index (χ0v) is 21.3. The van der Waals surface area contributed by atoms with E-state index in [4.69, 9.17) is 9.47 Å². The van der Waals surface area contributed by atoms with Crippen LogP contribution in [0.4, 0.5) is 17.1 Å². The standard InChI is InChI=1S/C30H28N4O4/c1-30(2)22-9-7-19(28(35)32-24-13-31-23-6-4-3-5-21(23)24)11-25(22)34(29(30)36)16-18-14-33(15-18)20-8-10-26-27(12-20)38-17-37-26/h3-13,18,31H,14-17H2,1-2H3,(H,32,35). The Morgan fingerprint density at radius 1 is 1.05 bits per heavy atom. The zero-order valence-electron chi connectivity index (χ0n) is 21.3. The molecule has 1 saturated heterocycles. The van der Waals surface area contributed by atoms with Crippen LogP contribution in [0, 0.1) is 5.92 Å². The number of para-hydroxylation sites is 1. The third-order valence-corrected chi connectivity index (χ3v) is 7.96. The summed E-state index contributed by atoms with van der Waals surface area (Å²) in [5, 5.41) is 3.98. The number of carbonyl (C=O) groups is 2. The number of hydrogen-bond donors (Lipinski definition) is 2. The largest absolute Gasteiger partial charge is 0.454 e. The third kappa shape index (κ3) is 3.51. The van der Waals surface area contributed by atoms with E-state index in [-0.39, 0.29) is 18.6 Å². The maximum Gasteiger partial charge on any atom is 0.255 e. The molecular formula is C30H28N4O4. The van der Waals surface area contributed by atoms with Gasteiger partial charge in [-0.15, -0.1) is 0 Å². The lowest BCUT2D eigenvalue weighted by Crippen LogP contribution is -2.53. The summed E-state index contributed by atoms with van der Waals surface area (Å²) in [5.74, 6) is 1.75. The van der Waals surface area contributed by atoms with Crippen LogP contribution in [0.3, 0.4) is 0 Å². The first-order valence-corrected chi connectivity index (χ1v) is 12.9. The van der Waals surface area contributed by atoms with Crippen LogP contribution in [-0.4, -0.2) is 43.2 Å². The normalized spacial score (nSPS) is 17.6. The van der Waals surface area contributed by atoms with Crippen LogP contribution in [0.25, 0.3) is 10.9 Å². The predicted molar refractivity (Wildman–Crippen MR) is 146 cm³/mol. The van der Waals surface area contributed by atoms with Crippen molar-refractivity contribution in [3.05, 3.63) is 78.0 Å². The monoisotopic (exact) mass is 508 g/mol. The van der Waals surface area contributed by atoms with Gasteiger partial charge in [0.25, 0.3) is 5.91 Å². The molecule has 0 bridgehead atoms.